The minimum Gasteiger partial charge on any atom is -0.497 e. The van der Waals surface area contributed by atoms with Gasteiger partial charge in [0.05, 0.1) is 24.2 Å². The molecule has 0 spiro atoms. The van der Waals surface area contributed by atoms with Crippen LogP contribution in [0.4, 0.5) is 0 Å². The Morgan fingerprint density at radius 3 is 2.55 bits per heavy atom. The van der Waals surface area contributed by atoms with Gasteiger partial charge in [0.2, 0.25) is 5.89 Å². The van der Waals surface area contributed by atoms with E-state index in [-0.39, 0.29) is 0 Å². The third-order valence-corrected chi connectivity index (χ3v) is 3.90. The van der Waals surface area contributed by atoms with Crippen molar-refractivity contribution in [2.24, 2.45) is 7.05 Å². The highest BCUT2D eigenvalue weighted by atomic mass is 35.5. The summed E-state index contributed by atoms with van der Waals surface area (Å²) in [5.74, 6) is 1.66. The maximum Gasteiger partial charge on any atom is 0.269 e. The second-order valence-corrected chi connectivity index (χ2v) is 5.28. The van der Waals surface area contributed by atoms with Crippen molar-refractivity contribution >= 4 is 11.6 Å². The Bertz CT molecular complexity index is 792. The van der Waals surface area contributed by atoms with Crippen molar-refractivity contribution in [3.63, 3.8) is 0 Å². The average Bonchev–Trinajstić information content (AvgIpc) is 3.08. The smallest absolute Gasteiger partial charge is 0.269 e. The quantitative estimate of drug-likeness (QED) is 0.739. The predicted octanol–water partition coefficient (Wildman–Crippen LogP) is 3.03. The number of methoxy groups -OCH3 is 1. The van der Waals surface area contributed by atoms with Gasteiger partial charge in [0, 0.05) is 7.05 Å². The molecule has 0 unspecified atom stereocenters. The molecular formula is C15H15ClN4O2. The van der Waals surface area contributed by atoms with Crippen molar-refractivity contribution < 1.29 is 9.15 Å². The molecule has 3 aromatic rings. The molecule has 22 heavy (non-hydrogen) atoms. The van der Waals surface area contributed by atoms with Crippen molar-refractivity contribution in [3.8, 4) is 17.3 Å². The molecule has 114 valence electrons. The molecule has 0 atom stereocenters. The van der Waals surface area contributed by atoms with E-state index in [1.807, 2.05) is 38.2 Å². The number of rotatable bonds is 4. The molecule has 6 nitrogen and oxygen atoms in total. The summed E-state index contributed by atoms with van der Waals surface area (Å²) in [5, 5.41) is 12.9. The van der Waals surface area contributed by atoms with Crippen LogP contribution < -0.4 is 4.74 Å². The van der Waals surface area contributed by atoms with Gasteiger partial charge in [-0.1, -0.05) is 23.7 Å². The molecule has 0 aliphatic heterocycles. The lowest BCUT2D eigenvalue weighted by Gasteiger charge is -2.00. The molecule has 0 fully saturated rings. The van der Waals surface area contributed by atoms with Gasteiger partial charge in [0.1, 0.15) is 5.75 Å². The highest BCUT2D eigenvalue weighted by Gasteiger charge is 2.18. The Morgan fingerprint density at radius 2 is 1.95 bits per heavy atom. The first kappa shape index (κ1) is 14.6. The third kappa shape index (κ3) is 2.69. The molecule has 3 rings (SSSR count). The van der Waals surface area contributed by atoms with E-state index in [0.717, 1.165) is 17.0 Å². The zero-order chi connectivity index (χ0) is 15.7. The summed E-state index contributed by atoms with van der Waals surface area (Å²) >= 11 is 6.23. The first-order chi connectivity index (χ1) is 10.6. The average molecular weight is 319 g/mol. The minimum atomic E-state index is 0.331. The van der Waals surface area contributed by atoms with E-state index in [1.54, 1.807) is 11.8 Å². The van der Waals surface area contributed by atoms with Crippen LogP contribution in [0, 0.1) is 6.92 Å². The fourth-order valence-corrected chi connectivity index (χ4v) is 2.30. The normalized spacial score (nSPS) is 10.9. The number of aromatic nitrogens is 4. The van der Waals surface area contributed by atoms with Crippen LogP contribution in [0.3, 0.4) is 0 Å². The summed E-state index contributed by atoms with van der Waals surface area (Å²) in [6.07, 6.45) is 0.542. The molecule has 0 aliphatic rings. The summed E-state index contributed by atoms with van der Waals surface area (Å²) in [7, 11) is 3.46. The van der Waals surface area contributed by atoms with Gasteiger partial charge in [-0.25, -0.2) is 0 Å². The molecule has 0 saturated carbocycles. The van der Waals surface area contributed by atoms with E-state index in [2.05, 4.69) is 15.3 Å². The van der Waals surface area contributed by atoms with Crippen molar-refractivity contribution in [1.29, 1.82) is 0 Å². The molecule has 2 heterocycles. The van der Waals surface area contributed by atoms with Crippen LogP contribution in [0.25, 0.3) is 11.6 Å². The van der Waals surface area contributed by atoms with Crippen LogP contribution in [0.5, 0.6) is 5.75 Å². The predicted molar refractivity (Wildman–Crippen MR) is 82.0 cm³/mol. The van der Waals surface area contributed by atoms with E-state index >= 15 is 0 Å². The highest BCUT2D eigenvalue weighted by Crippen LogP contribution is 2.28. The van der Waals surface area contributed by atoms with E-state index in [4.69, 9.17) is 20.8 Å². The Morgan fingerprint density at radius 1 is 1.23 bits per heavy atom. The lowest BCUT2D eigenvalue weighted by atomic mass is 10.1. The first-order valence-corrected chi connectivity index (χ1v) is 7.11. The Labute approximate surface area is 132 Å². The molecule has 0 bridgehead atoms. The van der Waals surface area contributed by atoms with Gasteiger partial charge in [-0.15, -0.1) is 10.2 Å². The molecule has 0 radical (unpaired) electrons. The fourth-order valence-electron chi connectivity index (χ4n) is 2.06. The standard InChI is InChI=1S/C15H15ClN4O2/c1-9-13(16)14(19-20(9)2)15-18-17-12(22-15)8-10-4-6-11(21-3)7-5-10/h4-7H,8H2,1-3H3. The fraction of sp³-hybridized carbons (Fsp3) is 0.267. The van der Waals surface area contributed by atoms with Crippen LogP contribution >= 0.6 is 11.6 Å². The molecule has 0 aliphatic carbocycles. The van der Waals surface area contributed by atoms with Gasteiger partial charge < -0.3 is 9.15 Å². The maximum atomic E-state index is 6.23. The van der Waals surface area contributed by atoms with E-state index in [9.17, 15) is 0 Å². The van der Waals surface area contributed by atoms with Gasteiger partial charge >= 0.3 is 0 Å². The van der Waals surface area contributed by atoms with Crippen molar-refractivity contribution in [2.45, 2.75) is 13.3 Å². The molecule has 1 aromatic carbocycles. The second-order valence-electron chi connectivity index (χ2n) is 4.90. The summed E-state index contributed by atoms with van der Waals surface area (Å²) in [6, 6.07) is 7.71. The number of ether oxygens (including phenoxy) is 1. The third-order valence-electron chi connectivity index (χ3n) is 3.44. The van der Waals surface area contributed by atoms with Crippen molar-refractivity contribution in [3.05, 3.63) is 46.4 Å². The summed E-state index contributed by atoms with van der Waals surface area (Å²) < 4.78 is 12.5. The number of nitrogens with zero attached hydrogens (tertiary/aromatic N) is 4. The van der Waals surface area contributed by atoms with Crippen LogP contribution in [0.1, 0.15) is 17.1 Å². The molecule has 7 heteroatoms. The summed E-state index contributed by atoms with van der Waals surface area (Å²) in [4.78, 5) is 0. The number of benzene rings is 1. The van der Waals surface area contributed by atoms with Crippen LogP contribution in [0.15, 0.2) is 28.7 Å². The number of hydrogen-bond acceptors (Lipinski definition) is 5. The zero-order valence-corrected chi connectivity index (χ0v) is 13.3. The first-order valence-electron chi connectivity index (χ1n) is 6.73. The van der Waals surface area contributed by atoms with Crippen LogP contribution in [-0.2, 0) is 13.5 Å². The Hall–Kier alpha value is -2.34. The number of hydrogen-bond donors (Lipinski definition) is 0. The van der Waals surface area contributed by atoms with Gasteiger partial charge in [0.25, 0.3) is 5.89 Å². The van der Waals surface area contributed by atoms with E-state index in [0.29, 0.717) is 28.9 Å². The monoisotopic (exact) mass is 318 g/mol. The number of halogens is 1. The van der Waals surface area contributed by atoms with Crippen molar-refractivity contribution in [1.82, 2.24) is 20.0 Å². The Kier molecular flexibility index (Phi) is 3.85. The molecule has 2 aromatic heterocycles. The van der Waals surface area contributed by atoms with Crippen LogP contribution in [0.2, 0.25) is 5.02 Å². The zero-order valence-electron chi connectivity index (χ0n) is 12.5. The molecule has 0 N–H and O–H groups in total. The van der Waals surface area contributed by atoms with E-state index < -0.39 is 0 Å². The topological polar surface area (TPSA) is 66.0 Å². The van der Waals surface area contributed by atoms with Gasteiger partial charge in [-0.05, 0) is 24.6 Å². The van der Waals surface area contributed by atoms with Gasteiger partial charge in [-0.3, -0.25) is 4.68 Å². The molecular weight excluding hydrogens is 304 g/mol. The second kappa shape index (κ2) is 5.81. The molecule has 0 saturated heterocycles. The maximum absolute atomic E-state index is 6.23. The summed E-state index contributed by atoms with van der Waals surface area (Å²) in [6.45, 7) is 1.88. The number of aryl methyl sites for hydroxylation is 1. The van der Waals surface area contributed by atoms with Gasteiger partial charge in [0.15, 0.2) is 5.69 Å². The van der Waals surface area contributed by atoms with Crippen LogP contribution in [-0.4, -0.2) is 27.1 Å². The minimum absolute atomic E-state index is 0.331. The van der Waals surface area contributed by atoms with Crippen molar-refractivity contribution in [2.75, 3.05) is 7.11 Å². The summed E-state index contributed by atoms with van der Waals surface area (Å²) in [5.41, 5.74) is 2.42. The lowest BCUT2D eigenvalue weighted by molar-refractivity contribution is 0.414. The SMILES string of the molecule is COc1ccc(Cc2nnc(-c3nn(C)c(C)c3Cl)o2)cc1. The lowest BCUT2D eigenvalue weighted by Crippen LogP contribution is -1.92. The Balaban J connectivity index is 1.82. The largest absolute Gasteiger partial charge is 0.497 e. The van der Waals surface area contributed by atoms with Gasteiger partial charge in [-0.2, -0.15) is 5.10 Å². The highest BCUT2D eigenvalue weighted by molar-refractivity contribution is 6.33. The molecule has 0 amide bonds. The van der Waals surface area contributed by atoms with E-state index in [1.165, 1.54) is 0 Å².